The zero-order chi connectivity index (χ0) is 17.5. The third-order valence-electron chi connectivity index (χ3n) is 4.34. The van der Waals surface area contributed by atoms with Gasteiger partial charge in [0.25, 0.3) is 5.95 Å². The van der Waals surface area contributed by atoms with Crippen LogP contribution in [0.3, 0.4) is 0 Å². The lowest BCUT2D eigenvalue weighted by molar-refractivity contribution is 0.135. The molecule has 0 spiro atoms. The first-order chi connectivity index (χ1) is 12.3. The van der Waals surface area contributed by atoms with Gasteiger partial charge in [0.2, 0.25) is 0 Å². The van der Waals surface area contributed by atoms with Crippen LogP contribution in [0, 0.1) is 0 Å². The molecule has 0 aliphatic carbocycles. The van der Waals surface area contributed by atoms with Crippen LogP contribution in [0.4, 0.5) is 0 Å². The van der Waals surface area contributed by atoms with E-state index in [-0.39, 0.29) is 5.95 Å². The third-order valence-corrected chi connectivity index (χ3v) is 8.61. The highest BCUT2D eigenvalue weighted by atomic mass is 31.2. The van der Waals surface area contributed by atoms with E-state index in [0.29, 0.717) is 6.16 Å². The van der Waals surface area contributed by atoms with Crippen molar-refractivity contribution >= 4 is 23.2 Å². The number of hydrogen-bond acceptors (Lipinski definition) is 2. The second-order valence-electron chi connectivity index (χ2n) is 5.75. The Morgan fingerprint density at radius 1 is 0.760 bits per heavy atom. The Balaban J connectivity index is 2.27. The van der Waals surface area contributed by atoms with E-state index in [9.17, 15) is 5.11 Å². The number of aliphatic hydroxyl groups excluding tert-OH is 1. The summed E-state index contributed by atoms with van der Waals surface area (Å²) in [5, 5.41) is 13.8. The maximum absolute atomic E-state index is 9.92. The van der Waals surface area contributed by atoms with Crippen molar-refractivity contribution in [3.63, 3.8) is 0 Å². The van der Waals surface area contributed by atoms with Gasteiger partial charge >= 0.3 is 0 Å². The lowest BCUT2D eigenvalue weighted by Gasteiger charge is -2.26. The fraction of sp³-hybridized carbons (Fsp3) is 0.0909. The maximum atomic E-state index is 9.92. The van der Waals surface area contributed by atoms with Gasteiger partial charge in [-0.1, -0.05) is 54.6 Å². The standard InChI is InChI=1S/C22H21O2P/c1-24-22(23)17-18-25(19-11-5-2-6-12-19,20-13-7-3-8-14-20)21-15-9-4-10-16-21/h2-17H,18H2,1H3/p+1/b22-17+. The van der Waals surface area contributed by atoms with Crippen LogP contribution in [0.1, 0.15) is 0 Å². The highest BCUT2D eigenvalue weighted by Gasteiger charge is 2.44. The van der Waals surface area contributed by atoms with Gasteiger partial charge in [0, 0.05) is 6.08 Å². The Hall–Kier alpha value is -2.57. The van der Waals surface area contributed by atoms with E-state index < -0.39 is 7.26 Å². The zero-order valence-corrected chi connectivity index (χ0v) is 15.1. The molecule has 3 rings (SSSR count). The van der Waals surface area contributed by atoms with Crippen molar-refractivity contribution in [1.82, 2.24) is 0 Å². The fourth-order valence-electron chi connectivity index (χ4n) is 3.11. The maximum Gasteiger partial charge on any atom is 0.275 e. The average molecular weight is 349 g/mol. The molecule has 3 heteroatoms. The summed E-state index contributed by atoms with van der Waals surface area (Å²) >= 11 is 0. The molecule has 0 aromatic heterocycles. The van der Waals surface area contributed by atoms with Crippen molar-refractivity contribution in [2.45, 2.75) is 0 Å². The number of hydrogen-bond donors (Lipinski definition) is 1. The summed E-state index contributed by atoms with van der Waals surface area (Å²) in [5.41, 5.74) is 0. The van der Waals surface area contributed by atoms with Crippen LogP contribution < -0.4 is 15.9 Å². The fourth-order valence-corrected chi connectivity index (χ4v) is 7.11. The Morgan fingerprint density at radius 2 is 1.12 bits per heavy atom. The van der Waals surface area contributed by atoms with E-state index in [1.54, 1.807) is 6.08 Å². The van der Waals surface area contributed by atoms with Gasteiger partial charge in [0.15, 0.2) is 0 Å². The molecule has 126 valence electrons. The van der Waals surface area contributed by atoms with Gasteiger partial charge in [-0.15, -0.1) is 0 Å². The number of aliphatic hydroxyl groups is 1. The highest BCUT2D eigenvalue weighted by molar-refractivity contribution is 7.95. The van der Waals surface area contributed by atoms with Gasteiger partial charge in [0.05, 0.1) is 13.3 Å². The molecule has 0 unspecified atom stereocenters. The molecule has 0 saturated carbocycles. The van der Waals surface area contributed by atoms with Gasteiger partial charge in [0.1, 0.15) is 23.2 Å². The van der Waals surface area contributed by atoms with Crippen LogP contribution in [-0.4, -0.2) is 18.4 Å². The molecule has 0 fully saturated rings. The first-order valence-corrected chi connectivity index (χ1v) is 10.2. The third kappa shape index (κ3) is 3.60. The molecule has 0 saturated heterocycles. The largest absolute Gasteiger partial charge is 0.481 e. The number of rotatable bonds is 6. The van der Waals surface area contributed by atoms with E-state index in [1.165, 1.54) is 23.0 Å². The predicted molar refractivity (Wildman–Crippen MR) is 108 cm³/mol. The second kappa shape index (κ2) is 8.00. The van der Waals surface area contributed by atoms with Crippen molar-refractivity contribution in [2.24, 2.45) is 0 Å². The Bertz CT molecular complexity index is 718. The minimum atomic E-state index is -1.94. The van der Waals surface area contributed by atoms with E-state index in [2.05, 4.69) is 72.8 Å². The van der Waals surface area contributed by atoms with Crippen LogP contribution in [0.5, 0.6) is 0 Å². The molecule has 25 heavy (non-hydrogen) atoms. The Kier molecular flexibility index (Phi) is 5.53. The first-order valence-electron chi connectivity index (χ1n) is 8.25. The van der Waals surface area contributed by atoms with Gasteiger partial charge in [-0.2, -0.15) is 0 Å². The Labute approximate surface area is 149 Å². The van der Waals surface area contributed by atoms with Crippen LogP contribution in [0.15, 0.2) is 103 Å². The van der Waals surface area contributed by atoms with Crippen LogP contribution in [0.25, 0.3) is 0 Å². The molecule has 0 amide bonds. The topological polar surface area (TPSA) is 29.5 Å². The van der Waals surface area contributed by atoms with Gasteiger partial charge in [-0.05, 0) is 36.4 Å². The molecular formula is C22H22O2P+. The number of methoxy groups -OCH3 is 1. The van der Waals surface area contributed by atoms with Crippen LogP contribution >= 0.6 is 7.26 Å². The monoisotopic (exact) mass is 349 g/mol. The lowest BCUT2D eigenvalue weighted by atomic mass is 10.4. The molecule has 0 bridgehead atoms. The molecule has 0 heterocycles. The summed E-state index contributed by atoms with van der Waals surface area (Å²) < 4.78 is 4.99. The summed E-state index contributed by atoms with van der Waals surface area (Å²) in [5.74, 6) is -0.0350. The van der Waals surface area contributed by atoms with Gasteiger partial charge in [-0.25, -0.2) is 0 Å². The SMILES string of the molecule is CO/C(O)=C/C[P+](c1ccccc1)(c1ccccc1)c1ccccc1. The minimum Gasteiger partial charge on any atom is -0.481 e. The molecule has 3 aromatic carbocycles. The van der Waals surface area contributed by atoms with Gasteiger partial charge in [-0.3, -0.25) is 0 Å². The zero-order valence-electron chi connectivity index (χ0n) is 14.2. The molecule has 0 aliphatic heterocycles. The predicted octanol–water partition coefficient (Wildman–Crippen LogP) is 4.03. The van der Waals surface area contributed by atoms with E-state index in [4.69, 9.17) is 4.74 Å². The van der Waals surface area contributed by atoms with E-state index in [1.807, 2.05) is 18.2 Å². The summed E-state index contributed by atoms with van der Waals surface area (Å²) in [6.45, 7) is 0. The number of benzene rings is 3. The van der Waals surface area contributed by atoms with Crippen LogP contribution in [0.2, 0.25) is 0 Å². The quantitative estimate of drug-likeness (QED) is 0.538. The van der Waals surface area contributed by atoms with Crippen molar-refractivity contribution in [3.8, 4) is 0 Å². The number of allylic oxidation sites excluding steroid dienone is 1. The molecular weight excluding hydrogens is 327 g/mol. The molecule has 3 aromatic rings. The van der Waals surface area contributed by atoms with Crippen molar-refractivity contribution in [1.29, 1.82) is 0 Å². The average Bonchev–Trinajstić information content (AvgIpc) is 2.71. The number of ether oxygens (including phenoxy) is 1. The van der Waals surface area contributed by atoms with E-state index in [0.717, 1.165) is 0 Å². The highest BCUT2D eigenvalue weighted by Crippen LogP contribution is 2.55. The smallest absolute Gasteiger partial charge is 0.275 e. The van der Waals surface area contributed by atoms with E-state index >= 15 is 0 Å². The first kappa shape index (κ1) is 17.3. The molecule has 2 nitrogen and oxygen atoms in total. The summed E-state index contributed by atoms with van der Waals surface area (Å²) in [4.78, 5) is 0. The lowest BCUT2D eigenvalue weighted by Crippen LogP contribution is -2.33. The summed E-state index contributed by atoms with van der Waals surface area (Å²) in [6, 6.07) is 31.7. The van der Waals surface area contributed by atoms with Crippen molar-refractivity contribution in [3.05, 3.63) is 103 Å². The molecule has 0 atom stereocenters. The summed E-state index contributed by atoms with van der Waals surface area (Å²) in [6.07, 6.45) is 2.49. The van der Waals surface area contributed by atoms with Crippen molar-refractivity contribution in [2.75, 3.05) is 13.3 Å². The molecule has 0 aliphatic rings. The molecule has 1 N–H and O–H groups in total. The summed E-state index contributed by atoms with van der Waals surface area (Å²) in [7, 11) is -0.451. The normalized spacial score (nSPS) is 12.0. The second-order valence-corrected chi connectivity index (χ2v) is 9.28. The molecule has 0 radical (unpaired) electrons. The van der Waals surface area contributed by atoms with Crippen molar-refractivity contribution < 1.29 is 9.84 Å². The Morgan fingerprint density at radius 3 is 1.44 bits per heavy atom. The van der Waals surface area contributed by atoms with Crippen LogP contribution in [-0.2, 0) is 4.74 Å². The van der Waals surface area contributed by atoms with Gasteiger partial charge < -0.3 is 9.84 Å². The minimum absolute atomic E-state index is 0.0350.